The lowest BCUT2D eigenvalue weighted by atomic mass is 10.1. The Morgan fingerprint density at radius 1 is 1.31 bits per heavy atom. The van der Waals surface area contributed by atoms with Crippen LogP contribution in [0.5, 0.6) is 0 Å². The van der Waals surface area contributed by atoms with E-state index in [0.717, 1.165) is 12.1 Å². The second kappa shape index (κ2) is 11.0. The minimum atomic E-state index is -0.261. The molecule has 1 aromatic carbocycles. The van der Waals surface area contributed by atoms with E-state index in [1.807, 2.05) is 30.9 Å². The van der Waals surface area contributed by atoms with Crippen LogP contribution >= 0.6 is 0 Å². The maximum atomic E-state index is 14.5. The van der Waals surface area contributed by atoms with Gasteiger partial charge in [-0.3, -0.25) is 0 Å². The highest BCUT2D eigenvalue weighted by Crippen LogP contribution is 2.24. The topological polar surface area (TPSA) is 69.1 Å². The summed E-state index contributed by atoms with van der Waals surface area (Å²) in [5.41, 5.74) is 1.43. The van der Waals surface area contributed by atoms with Crippen molar-refractivity contribution in [2.45, 2.75) is 39.3 Å². The van der Waals surface area contributed by atoms with Crippen LogP contribution in [0, 0.1) is 5.82 Å². The van der Waals surface area contributed by atoms with E-state index in [0.29, 0.717) is 63.9 Å². The number of benzene rings is 1. The second-order valence-corrected chi connectivity index (χ2v) is 6.32. The third kappa shape index (κ3) is 6.46. The van der Waals surface area contributed by atoms with Gasteiger partial charge < -0.3 is 25.4 Å². The lowest BCUT2D eigenvalue weighted by molar-refractivity contribution is 0.145. The normalized spacial score (nSPS) is 16.0. The summed E-state index contributed by atoms with van der Waals surface area (Å²) in [6, 6.07) is 5.28. The molecule has 1 fully saturated rings. The molecule has 0 aromatic heterocycles. The zero-order valence-electron chi connectivity index (χ0n) is 15.8. The maximum absolute atomic E-state index is 14.5. The molecule has 0 aliphatic carbocycles. The van der Waals surface area contributed by atoms with E-state index >= 15 is 0 Å². The summed E-state index contributed by atoms with van der Waals surface area (Å²) in [5.74, 6) is 0.463. The van der Waals surface area contributed by atoms with Crippen LogP contribution in [0.1, 0.15) is 32.3 Å². The highest BCUT2D eigenvalue weighted by molar-refractivity contribution is 5.79. The van der Waals surface area contributed by atoms with Crippen molar-refractivity contribution in [2.75, 3.05) is 44.3 Å². The number of ether oxygens (including phenoxy) is 1. The average Bonchev–Trinajstić information content (AvgIpc) is 2.64. The van der Waals surface area contributed by atoms with Crippen LogP contribution in [-0.2, 0) is 11.3 Å². The number of guanidine groups is 1. The monoisotopic (exact) mass is 366 g/mol. The summed E-state index contributed by atoms with van der Waals surface area (Å²) < 4.78 is 19.8. The number of halogens is 1. The number of aliphatic hydroxyl groups is 1. The van der Waals surface area contributed by atoms with Gasteiger partial charge in [-0.15, -0.1) is 0 Å². The summed E-state index contributed by atoms with van der Waals surface area (Å²) in [7, 11) is 0. The van der Waals surface area contributed by atoms with Gasteiger partial charge in [0.15, 0.2) is 5.96 Å². The molecule has 0 radical (unpaired) electrons. The number of aliphatic imine (C=N–C) groups is 1. The smallest absolute Gasteiger partial charge is 0.191 e. The van der Waals surface area contributed by atoms with Gasteiger partial charge in [0, 0.05) is 32.8 Å². The van der Waals surface area contributed by atoms with Crippen LogP contribution < -0.4 is 15.5 Å². The Morgan fingerprint density at radius 2 is 2.08 bits per heavy atom. The summed E-state index contributed by atoms with van der Waals surface area (Å²) in [4.78, 5) is 6.49. The molecule has 1 saturated heterocycles. The van der Waals surface area contributed by atoms with E-state index in [-0.39, 0.29) is 11.9 Å². The number of aliphatic hydroxyl groups excluding tert-OH is 1. The third-order valence-corrected chi connectivity index (χ3v) is 4.32. The maximum Gasteiger partial charge on any atom is 0.191 e. The highest BCUT2D eigenvalue weighted by Gasteiger charge is 2.19. The van der Waals surface area contributed by atoms with Gasteiger partial charge in [0.05, 0.1) is 24.9 Å². The Morgan fingerprint density at radius 3 is 2.73 bits per heavy atom. The van der Waals surface area contributed by atoms with Crippen molar-refractivity contribution >= 4 is 11.6 Å². The zero-order chi connectivity index (χ0) is 18.8. The second-order valence-electron chi connectivity index (χ2n) is 6.32. The first kappa shape index (κ1) is 20.5. The van der Waals surface area contributed by atoms with E-state index in [2.05, 4.69) is 15.6 Å². The van der Waals surface area contributed by atoms with Crippen LogP contribution in [0.2, 0.25) is 0 Å². The minimum Gasteiger partial charge on any atom is -0.393 e. The Kier molecular flexibility index (Phi) is 8.64. The number of piperidine rings is 1. The summed E-state index contributed by atoms with van der Waals surface area (Å²) >= 11 is 0. The molecule has 0 bridgehead atoms. The first-order valence-corrected chi connectivity index (χ1v) is 9.45. The van der Waals surface area contributed by atoms with E-state index < -0.39 is 0 Å². The Hall–Kier alpha value is -1.86. The van der Waals surface area contributed by atoms with Crippen LogP contribution in [0.25, 0.3) is 0 Å². The van der Waals surface area contributed by atoms with Crippen LogP contribution in [0.4, 0.5) is 10.1 Å². The SMILES string of the molecule is CCNC(=NCc1ccc(N2CCC(O)CC2)c(F)c1)NCCOCC. The molecule has 2 rings (SSSR count). The molecule has 6 nitrogen and oxygen atoms in total. The Bertz CT molecular complexity index is 575. The van der Waals surface area contributed by atoms with E-state index in [9.17, 15) is 9.50 Å². The lowest BCUT2D eigenvalue weighted by Gasteiger charge is -2.31. The standard InChI is InChI=1S/C19H31FN4O2/c1-3-21-19(22-9-12-26-4-2)23-14-15-5-6-18(17(20)13-15)24-10-7-16(25)8-11-24/h5-6,13,16,25H,3-4,7-12,14H2,1-2H3,(H2,21,22,23). The van der Waals surface area contributed by atoms with Gasteiger partial charge in [-0.05, 0) is 44.4 Å². The van der Waals surface area contributed by atoms with Gasteiger partial charge in [0.2, 0.25) is 0 Å². The molecule has 146 valence electrons. The van der Waals surface area contributed by atoms with E-state index in [1.54, 1.807) is 6.07 Å². The molecular weight excluding hydrogens is 335 g/mol. The largest absolute Gasteiger partial charge is 0.393 e. The quantitative estimate of drug-likeness (QED) is 0.372. The molecule has 1 aliphatic heterocycles. The van der Waals surface area contributed by atoms with Gasteiger partial charge in [-0.1, -0.05) is 6.07 Å². The molecular formula is C19H31FN4O2. The molecule has 0 amide bonds. The fourth-order valence-electron chi connectivity index (χ4n) is 2.91. The van der Waals surface area contributed by atoms with Crippen LogP contribution in [0.15, 0.2) is 23.2 Å². The van der Waals surface area contributed by atoms with Crippen LogP contribution in [-0.4, -0.2) is 56.6 Å². The molecule has 1 aromatic rings. The first-order valence-electron chi connectivity index (χ1n) is 9.45. The Labute approximate surface area is 155 Å². The number of nitrogens with zero attached hydrogens (tertiary/aromatic N) is 2. The predicted molar refractivity (Wildman–Crippen MR) is 103 cm³/mol. The molecule has 0 saturated carbocycles. The zero-order valence-corrected chi connectivity index (χ0v) is 15.8. The molecule has 3 N–H and O–H groups in total. The van der Waals surface area contributed by atoms with Crippen molar-refractivity contribution in [3.63, 3.8) is 0 Å². The van der Waals surface area contributed by atoms with E-state index in [1.165, 1.54) is 0 Å². The van der Waals surface area contributed by atoms with Gasteiger partial charge in [-0.2, -0.15) is 0 Å². The molecule has 1 aliphatic rings. The first-order chi connectivity index (χ1) is 12.6. The van der Waals surface area contributed by atoms with Gasteiger partial charge in [-0.25, -0.2) is 9.38 Å². The molecule has 0 spiro atoms. The number of nitrogens with one attached hydrogen (secondary N) is 2. The fraction of sp³-hybridized carbons (Fsp3) is 0.632. The van der Waals surface area contributed by atoms with Crippen molar-refractivity contribution < 1.29 is 14.2 Å². The number of anilines is 1. The van der Waals surface area contributed by atoms with Crippen molar-refractivity contribution in [1.82, 2.24) is 10.6 Å². The van der Waals surface area contributed by atoms with Gasteiger partial charge >= 0.3 is 0 Å². The van der Waals surface area contributed by atoms with Crippen molar-refractivity contribution in [3.05, 3.63) is 29.6 Å². The van der Waals surface area contributed by atoms with Crippen molar-refractivity contribution in [2.24, 2.45) is 4.99 Å². The van der Waals surface area contributed by atoms with E-state index in [4.69, 9.17) is 4.74 Å². The minimum absolute atomic E-state index is 0.233. The number of rotatable bonds is 8. The number of hydrogen-bond acceptors (Lipinski definition) is 4. The summed E-state index contributed by atoms with van der Waals surface area (Å²) in [6.45, 7) is 8.48. The molecule has 7 heteroatoms. The molecule has 26 heavy (non-hydrogen) atoms. The molecule has 1 heterocycles. The van der Waals surface area contributed by atoms with Gasteiger partial charge in [0.1, 0.15) is 5.82 Å². The van der Waals surface area contributed by atoms with Crippen molar-refractivity contribution in [1.29, 1.82) is 0 Å². The molecule has 0 atom stereocenters. The van der Waals surface area contributed by atoms with Gasteiger partial charge in [0.25, 0.3) is 0 Å². The lowest BCUT2D eigenvalue weighted by Crippen LogP contribution is -2.39. The summed E-state index contributed by atoms with van der Waals surface area (Å²) in [6.07, 6.45) is 1.11. The molecule has 0 unspecified atom stereocenters. The Balaban J connectivity index is 1.94. The third-order valence-electron chi connectivity index (χ3n) is 4.32. The van der Waals surface area contributed by atoms with Crippen LogP contribution in [0.3, 0.4) is 0 Å². The van der Waals surface area contributed by atoms with Crippen molar-refractivity contribution in [3.8, 4) is 0 Å². The summed E-state index contributed by atoms with van der Waals surface area (Å²) in [5, 5.41) is 16.0. The predicted octanol–water partition coefficient (Wildman–Crippen LogP) is 1.88. The fourth-order valence-corrected chi connectivity index (χ4v) is 2.91. The average molecular weight is 366 g/mol. The number of hydrogen-bond donors (Lipinski definition) is 3. The highest BCUT2D eigenvalue weighted by atomic mass is 19.1.